The Morgan fingerprint density at radius 2 is 1.80 bits per heavy atom. The van der Waals surface area contributed by atoms with Crippen LogP contribution in [-0.4, -0.2) is 39.1 Å². The maximum atomic E-state index is 12.3. The first kappa shape index (κ1) is 19.6. The zero-order chi connectivity index (χ0) is 18.4. The Morgan fingerprint density at radius 1 is 1.12 bits per heavy atom. The maximum Gasteiger partial charge on any atom is 0.225 e. The number of rotatable bonds is 7. The number of benzene rings is 2. The number of carbonyl (C=O) groups excluding carboxylic acids is 1. The quantitative estimate of drug-likeness (QED) is 0.739. The van der Waals surface area contributed by atoms with E-state index >= 15 is 0 Å². The van der Waals surface area contributed by atoms with Crippen LogP contribution in [-0.2, 0) is 21.2 Å². The van der Waals surface area contributed by atoms with E-state index in [1.165, 1.54) is 12.1 Å². The molecule has 0 heterocycles. The van der Waals surface area contributed by atoms with Crippen molar-refractivity contribution in [2.24, 2.45) is 0 Å². The van der Waals surface area contributed by atoms with E-state index < -0.39 is 9.84 Å². The van der Waals surface area contributed by atoms with E-state index in [0.29, 0.717) is 5.69 Å². The second-order valence-electron chi connectivity index (χ2n) is 6.01. The summed E-state index contributed by atoms with van der Waals surface area (Å²) in [6, 6.07) is 13.9. The number of halogens is 1. The van der Waals surface area contributed by atoms with E-state index in [9.17, 15) is 13.2 Å². The second kappa shape index (κ2) is 8.60. The average Bonchev–Trinajstić information content (AvgIpc) is 2.53. The number of nitrogens with zero attached hydrogens (tertiary/aromatic N) is 1. The lowest BCUT2D eigenvalue weighted by molar-refractivity contribution is -0.115. The van der Waals surface area contributed by atoms with Crippen LogP contribution in [0.1, 0.15) is 12.0 Å². The molecule has 2 aromatic carbocycles. The summed E-state index contributed by atoms with van der Waals surface area (Å²) in [5, 5.41) is 2.76. The molecule has 0 bridgehead atoms. The molecule has 0 aliphatic carbocycles. The van der Waals surface area contributed by atoms with Crippen LogP contribution in [0.5, 0.6) is 0 Å². The third-order valence-electron chi connectivity index (χ3n) is 3.48. The summed E-state index contributed by atoms with van der Waals surface area (Å²) < 4.78 is 25.4. The zero-order valence-corrected chi connectivity index (χ0v) is 16.6. The third-order valence-corrected chi connectivity index (χ3v) is 5.74. The van der Waals surface area contributed by atoms with Crippen molar-refractivity contribution in [1.29, 1.82) is 0 Å². The summed E-state index contributed by atoms with van der Waals surface area (Å²) in [5.41, 5.74) is 1.75. The summed E-state index contributed by atoms with van der Waals surface area (Å²) in [4.78, 5) is 14.3. The lowest BCUT2D eigenvalue weighted by atomic mass is 10.2. The molecule has 5 nitrogen and oxygen atoms in total. The van der Waals surface area contributed by atoms with Gasteiger partial charge in [0.05, 0.1) is 10.6 Å². The molecular weight excluding hydrogens is 404 g/mol. The number of amides is 1. The number of hydrogen-bond donors (Lipinski definition) is 1. The zero-order valence-electron chi connectivity index (χ0n) is 14.2. The number of carbonyl (C=O) groups is 1. The predicted molar refractivity (Wildman–Crippen MR) is 103 cm³/mol. The van der Waals surface area contributed by atoms with Gasteiger partial charge in [-0.1, -0.05) is 28.1 Å². The molecule has 7 heteroatoms. The van der Waals surface area contributed by atoms with Gasteiger partial charge in [-0.25, -0.2) is 8.42 Å². The van der Waals surface area contributed by atoms with Crippen LogP contribution in [0.2, 0.25) is 0 Å². The van der Waals surface area contributed by atoms with Gasteiger partial charge in [0.15, 0.2) is 9.84 Å². The SMILES string of the molecule is CN(C)Cc1cccc(NC(=O)CCS(=O)(=O)c2ccc(Br)cc2)c1. The highest BCUT2D eigenvalue weighted by Gasteiger charge is 2.16. The molecule has 0 atom stereocenters. The van der Waals surface area contributed by atoms with Crippen LogP contribution in [0.3, 0.4) is 0 Å². The van der Waals surface area contributed by atoms with Crippen molar-refractivity contribution in [2.45, 2.75) is 17.9 Å². The maximum absolute atomic E-state index is 12.3. The van der Waals surface area contributed by atoms with Crippen LogP contribution in [0.4, 0.5) is 5.69 Å². The molecule has 0 radical (unpaired) electrons. The minimum atomic E-state index is -3.48. The molecule has 25 heavy (non-hydrogen) atoms. The first-order valence-electron chi connectivity index (χ1n) is 7.78. The Balaban J connectivity index is 1.95. The Hall–Kier alpha value is -1.70. The standard InChI is InChI=1S/C18H21BrN2O3S/c1-21(2)13-14-4-3-5-16(12-14)20-18(22)10-11-25(23,24)17-8-6-15(19)7-9-17/h3-9,12H,10-11,13H2,1-2H3,(H,20,22). The van der Waals surface area contributed by atoms with Gasteiger partial charge in [-0.2, -0.15) is 0 Å². The van der Waals surface area contributed by atoms with Crippen molar-refractivity contribution in [3.05, 3.63) is 58.6 Å². The second-order valence-corrected chi connectivity index (χ2v) is 9.03. The minimum Gasteiger partial charge on any atom is -0.326 e. The number of nitrogens with one attached hydrogen (secondary N) is 1. The monoisotopic (exact) mass is 424 g/mol. The molecule has 2 aromatic rings. The van der Waals surface area contributed by atoms with Gasteiger partial charge in [0.2, 0.25) is 5.91 Å². The van der Waals surface area contributed by atoms with E-state index in [1.54, 1.807) is 18.2 Å². The van der Waals surface area contributed by atoms with E-state index in [4.69, 9.17) is 0 Å². The van der Waals surface area contributed by atoms with Gasteiger partial charge in [0.1, 0.15) is 0 Å². The smallest absolute Gasteiger partial charge is 0.225 e. The molecule has 0 saturated heterocycles. The number of hydrogen-bond acceptors (Lipinski definition) is 4. The van der Waals surface area contributed by atoms with Gasteiger partial charge in [-0.3, -0.25) is 4.79 Å². The molecule has 0 saturated carbocycles. The molecule has 0 spiro atoms. The lowest BCUT2D eigenvalue weighted by Gasteiger charge is -2.11. The summed E-state index contributed by atoms with van der Waals surface area (Å²) in [5.74, 6) is -0.541. The predicted octanol–water partition coefficient (Wildman–Crippen LogP) is 3.31. The molecule has 134 valence electrons. The molecule has 0 fully saturated rings. The summed E-state index contributed by atoms with van der Waals surface area (Å²) in [6.07, 6.45) is -0.0870. The number of sulfone groups is 1. The Bertz CT molecular complexity index is 834. The highest BCUT2D eigenvalue weighted by molar-refractivity contribution is 9.10. The normalized spacial score (nSPS) is 11.5. The van der Waals surface area contributed by atoms with E-state index in [-0.39, 0.29) is 23.0 Å². The molecule has 1 N–H and O–H groups in total. The first-order valence-corrected chi connectivity index (χ1v) is 10.2. The van der Waals surface area contributed by atoms with E-state index in [0.717, 1.165) is 16.6 Å². The van der Waals surface area contributed by atoms with Crippen molar-refractivity contribution in [3.8, 4) is 0 Å². The van der Waals surface area contributed by atoms with Crippen LogP contribution in [0, 0.1) is 0 Å². The Morgan fingerprint density at radius 3 is 2.44 bits per heavy atom. The van der Waals surface area contributed by atoms with Gasteiger partial charge in [-0.15, -0.1) is 0 Å². The molecule has 0 aliphatic heterocycles. The molecule has 0 aliphatic rings. The number of anilines is 1. The van der Waals surface area contributed by atoms with Crippen LogP contribution in [0.15, 0.2) is 57.9 Å². The van der Waals surface area contributed by atoms with Crippen molar-refractivity contribution in [2.75, 3.05) is 25.2 Å². The highest BCUT2D eigenvalue weighted by atomic mass is 79.9. The first-order chi connectivity index (χ1) is 11.8. The van der Waals surface area contributed by atoms with Gasteiger partial charge in [-0.05, 0) is 56.1 Å². The third kappa shape index (κ3) is 6.26. The molecule has 1 amide bonds. The fourth-order valence-electron chi connectivity index (χ4n) is 2.32. The van der Waals surface area contributed by atoms with E-state index in [2.05, 4.69) is 21.2 Å². The molecule has 2 rings (SSSR count). The van der Waals surface area contributed by atoms with Gasteiger partial charge in [0, 0.05) is 23.1 Å². The molecule has 0 aromatic heterocycles. The molecular formula is C18H21BrN2O3S. The average molecular weight is 425 g/mol. The topological polar surface area (TPSA) is 66.5 Å². The van der Waals surface area contributed by atoms with Crippen LogP contribution in [0.25, 0.3) is 0 Å². The minimum absolute atomic E-state index is 0.0870. The van der Waals surface area contributed by atoms with Crippen molar-refractivity contribution in [1.82, 2.24) is 4.90 Å². The van der Waals surface area contributed by atoms with Gasteiger partial charge in [0.25, 0.3) is 0 Å². The van der Waals surface area contributed by atoms with Crippen LogP contribution < -0.4 is 5.32 Å². The van der Waals surface area contributed by atoms with Crippen LogP contribution >= 0.6 is 15.9 Å². The Labute approximate surface area is 157 Å². The van der Waals surface area contributed by atoms with Crippen molar-refractivity contribution < 1.29 is 13.2 Å². The summed E-state index contributed by atoms with van der Waals surface area (Å²) in [6.45, 7) is 0.766. The largest absolute Gasteiger partial charge is 0.326 e. The lowest BCUT2D eigenvalue weighted by Crippen LogP contribution is -2.17. The van der Waals surface area contributed by atoms with Crippen molar-refractivity contribution >= 4 is 37.4 Å². The highest BCUT2D eigenvalue weighted by Crippen LogP contribution is 2.17. The Kier molecular flexibility index (Phi) is 6.75. The van der Waals surface area contributed by atoms with E-state index in [1.807, 2.05) is 37.2 Å². The molecule has 0 unspecified atom stereocenters. The van der Waals surface area contributed by atoms with Gasteiger partial charge >= 0.3 is 0 Å². The fourth-order valence-corrected chi connectivity index (χ4v) is 3.83. The van der Waals surface area contributed by atoms with Crippen molar-refractivity contribution in [3.63, 3.8) is 0 Å². The fraction of sp³-hybridized carbons (Fsp3) is 0.278. The summed E-state index contributed by atoms with van der Waals surface area (Å²) in [7, 11) is 0.464. The van der Waals surface area contributed by atoms with Gasteiger partial charge < -0.3 is 10.2 Å². The summed E-state index contributed by atoms with van der Waals surface area (Å²) >= 11 is 3.27.